The molecular weight excluding hydrogens is 432 g/mol. The van der Waals surface area contributed by atoms with Crippen LogP contribution in [0.15, 0.2) is 59.6 Å². The largest absolute Gasteiger partial charge is 0.496 e. The van der Waals surface area contributed by atoms with Crippen molar-refractivity contribution in [3.05, 3.63) is 71.2 Å². The van der Waals surface area contributed by atoms with E-state index >= 15 is 0 Å². The van der Waals surface area contributed by atoms with Crippen molar-refractivity contribution >= 4 is 0 Å². The van der Waals surface area contributed by atoms with Crippen LogP contribution in [0, 0.1) is 0 Å². The number of nitrogens with zero attached hydrogens (tertiary/aromatic N) is 2. The van der Waals surface area contributed by atoms with Gasteiger partial charge in [-0.05, 0) is 24.1 Å². The first kappa shape index (κ1) is 22.5. The minimum Gasteiger partial charge on any atom is -0.496 e. The summed E-state index contributed by atoms with van der Waals surface area (Å²) < 4.78 is 31.2. The predicted octanol–water partition coefficient (Wildman–Crippen LogP) is 3.62. The van der Waals surface area contributed by atoms with Crippen molar-refractivity contribution < 1.29 is 23.7 Å². The Labute approximate surface area is 199 Å². The molecule has 2 aliphatic rings. The van der Waals surface area contributed by atoms with Crippen molar-refractivity contribution in [1.82, 2.24) is 4.57 Å². The SMILES string of the molecule is COc1ccc(OC)c2c1CCn1c-2cc(OCc2ccccc2)cc1=NCC1COCCO1. The fraction of sp³-hybridized carbons (Fsp3) is 0.370. The molecule has 0 N–H and O–H groups in total. The summed E-state index contributed by atoms with van der Waals surface area (Å²) in [5.41, 5.74) is 5.12. The van der Waals surface area contributed by atoms with E-state index in [-0.39, 0.29) is 6.10 Å². The maximum Gasteiger partial charge on any atom is 0.131 e. The zero-order chi connectivity index (χ0) is 23.3. The Kier molecular flexibility index (Phi) is 6.83. The van der Waals surface area contributed by atoms with Gasteiger partial charge >= 0.3 is 0 Å². The van der Waals surface area contributed by atoms with Crippen molar-refractivity contribution in [2.45, 2.75) is 25.7 Å². The third kappa shape index (κ3) is 4.67. The molecular formula is C27H30N2O5. The molecule has 1 aromatic heterocycles. The Bertz CT molecular complexity index is 1200. The fourth-order valence-corrected chi connectivity index (χ4v) is 4.54. The van der Waals surface area contributed by atoms with Crippen LogP contribution in [0.3, 0.4) is 0 Å². The molecule has 7 heteroatoms. The van der Waals surface area contributed by atoms with Gasteiger partial charge in [0.25, 0.3) is 0 Å². The van der Waals surface area contributed by atoms with Crippen LogP contribution >= 0.6 is 0 Å². The van der Waals surface area contributed by atoms with Crippen molar-refractivity contribution in [2.24, 2.45) is 4.99 Å². The third-order valence-corrected chi connectivity index (χ3v) is 6.22. The number of fused-ring (bicyclic) bond motifs is 3. The zero-order valence-corrected chi connectivity index (χ0v) is 19.7. The van der Waals surface area contributed by atoms with Gasteiger partial charge in [0.05, 0.1) is 46.3 Å². The number of ether oxygens (including phenoxy) is 5. The molecule has 0 amide bonds. The highest BCUT2D eigenvalue weighted by molar-refractivity contribution is 5.76. The van der Waals surface area contributed by atoms with Crippen molar-refractivity contribution in [2.75, 3.05) is 40.6 Å². The molecule has 5 rings (SSSR count). The zero-order valence-electron chi connectivity index (χ0n) is 19.7. The molecule has 3 heterocycles. The molecule has 2 aromatic carbocycles. The van der Waals surface area contributed by atoms with Crippen LogP contribution in [0.1, 0.15) is 11.1 Å². The Morgan fingerprint density at radius 3 is 2.59 bits per heavy atom. The number of rotatable bonds is 7. The van der Waals surface area contributed by atoms with Crippen molar-refractivity contribution in [3.8, 4) is 28.5 Å². The molecule has 34 heavy (non-hydrogen) atoms. The average Bonchev–Trinajstić information content (AvgIpc) is 2.90. The first-order valence-electron chi connectivity index (χ1n) is 11.6. The van der Waals surface area contributed by atoms with E-state index in [1.54, 1.807) is 14.2 Å². The average molecular weight is 463 g/mol. The monoisotopic (exact) mass is 462 g/mol. The van der Waals surface area contributed by atoms with Crippen LogP contribution in [-0.4, -0.2) is 51.3 Å². The quantitative estimate of drug-likeness (QED) is 0.537. The highest BCUT2D eigenvalue weighted by atomic mass is 16.6. The molecule has 0 saturated carbocycles. The number of hydrogen-bond acceptors (Lipinski definition) is 6. The van der Waals surface area contributed by atoms with E-state index in [1.165, 1.54) is 0 Å². The maximum atomic E-state index is 6.23. The van der Waals surface area contributed by atoms with Crippen LogP contribution in [0.25, 0.3) is 11.3 Å². The lowest BCUT2D eigenvalue weighted by atomic mass is 9.95. The molecule has 178 valence electrons. The molecule has 3 aromatic rings. The van der Waals surface area contributed by atoms with E-state index in [2.05, 4.69) is 22.8 Å². The van der Waals surface area contributed by atoms with Gasteiger partial charge in [0.15, 0.2) is 0 Å². The molecule has 0 spiro atoms. The Balaban J connectivity index is 1.58. The van der Waals surface area contributed by atoms with E-state index in [0.717, 1.165) is 58.1 Å². The molecule has 0 radical (unpaired) electrons. The van der Waals surface area contributed by atoms with E-state index < -0.39 is 0 Å². The van der Waals surface area contributed by atoms with Gasteiger partial charge in [-0.2, -0.15) is 0 Å². The first-order valence-corrected chi connectivity index (χ1v) is 11.6. The molecule has 7 nitrogen and oxygen atoms in total. The molecule has 1 saturated heterocycles. The van der Waals surface area contributed by atoms with Crippen LogP contribution in [-0.2, 0) is 29.0 Å². The lowest BCUT2D eigenvalue weighted by Gasteiger charge is -2.27. The fourth-order valence-electron chi connectivity index (χ4n) is 4.54. The van der Waals surface area contributed by atoms with E-state index in [1.807, 2.05) is 36.4 Å². The minimum atomic E-state index is -0.0376. The third-order valence-electron chi connectivity index (χ3n) is 6.22. The van der Waals surface area contributed by atoms with Crippen LogP contribution in [0.5, 0.6) is 17.2 Å². The van der Waals surface area contributed by atoms with Gasteiger partial charge in [-0.3, -0.25) is 4.99 Å². The number of aromatic nitrogens is 1. The summed E-state index contributed by atoms with van der Waals surface area (Å²) in [5, 5.41) is 0. The smallest absolute Gasteiger partial charge is 0.131 e. The van der Waals surface area contributed by atoms with Gasteiger partial charge in [0.2, 0.25) is 0 Å². The Hall–Kier alpha value is -3.29. The summed E-state index contributed by atoms with van der Waals surface area (Å²) in [6.45, 7) is 3.60. The summed E-state index contributed by atoms with van der Waals surface area (Å²) >= 11 is 0. The molecule has 1 atom stereocenters. The van der Waals surface area contributed by atoms with Crippen molar-refractivity contribution in [3.63, 3.8) is 0 Å². The number of pyridine rings is 1. The first-order chi connectivity index (χ1) is 16.8. The molecule has 0 aliphatic carbocycles. The molecule has 2 aliphatic heterocycles. The van der Waals surface area contributed by atoms with Crippen LogP contribution in [0.2, 0.25) is 0 Å². The van der Waals surface area contributed by atoms with Gasteiger partial charge in [-0.25, -0.2) is 0 Å². The minimum absolute atomic E-state index is 0.0376. The van der Waals surface area contributed by atoms with Gasteiger partial charge in [0, 0.05) is 29.8 Å². The lowest BCUT2D eigenvalue weighted by Crippen LogP contribution is -2.33. The predicted molar refractivity (Wildman–Crippen MR) is 128 cm³/mol. The van der Waals surface area contributed by atoms with E-state index in [9.17, 15) is 0 Å². The number of methoxy groups -OCH3 is 2. The van der Waals surface area contributed by atoms with Gasteiger partial charge in [0.1, 0.15) is 35.4 Å². The lowest BCUT2D eigenvalue weighted by molar-refractivity contribution is -0.0835. The van der Waals surface area contributed by atoms with Crippen LogP contribution < -0.4 is 19.7 Å². The molecule has 1 fully saturated rings. The van der Waals surface area contributed by atoms with E-state index in [4.69, 9.17) is 28.7 Å². The van der Waals surface area contributed by atoms with E-state index in [0.29, 0.717) is 33.0 Å². The summed E-state index contributed by atoms with van der Waals surface area (Å²) in [5.74, 6) is 2.43. The Morgan fingerprint density at radius 1 is 1.00 bits per heavy atom. The highest BCUT2D eigenvalue weighted by Crippen LogP contribution is 2.42. The standard InChI is InChI=1S/C27H30N2O5/c1-30-24-8-9-25(31-2)27-22(24)10-11-29-23(27)14-20(34-17-19-6-4-3-5-7-19)15-26(29)28-16-21-18-32-12-13-33-21/h3-9,14-15,21H,10-13,16-18H2,1-2H3. The maximum absolute atomic E-state index is 6.23. The number of hydrogen-bond donors (Lipinski definition) is 0. The summed E-state index contributed by atoms with van der Waals surface area (Å²) in [7, 11) is 3.40. The van der Waals surface area contributed by atoms with Gasteiger partial charge in [-0.15, -0.1) is 0 Å². The van der Waals surface area contributed by atoms with Crippen LogP contribution in [0.4, 0.5) is 0 Å². The molecule has 1 unspecified atom stereocenters. The summed E-state index contributed by atoms with van der Waals surface area (Å²) in [6, 6.07) is 18.1. The number of benzene rings is 2. The van der Waals surface area contributed by atoms with Gasteiger partial charge < -0.3 is 28.3 Å². The van der Waals surface area contributed by atoms with Gasteiger partial charge in [-0.1, -0.05) is 30.3 Å². The summed E-state index contributed by atoms with van der Waals surface area (Å²) in [4.78, 5) is 4.94. The second kappa shape index (κ2) is 10.3. The van der Waals surface area contributed by atoms with Crippen molar-refractivity contribution in [1.29, 1.82) is 0 Å². The molecule has 0 bridgehead atoms. The normalized spacial score (nSPS) is 17.6. The highest BCUT2D eigenvalue weighted by Gasteiger charge is 2.25. The Morgan fingerprint density at radius 2 is 1.82 bits per heavy atom. The second-order valence-corrected chi connectivity index (χ2v) is 8.34. The second-order valence-electron chi connectivity index (χ2n) is 8.34. The summed E-state index contributed by atoms with van der Waals surface area (Å²) in [6.07, 6.45) is 0.785. The topological polar surface area (TPSA) is 63.4 Å².